The van der Waals surface area contributed by atoms with E-state index in [9.17, 15) is 4.21 Å². The lowest BCUT2D eigenvalue weighted by atomic mass is 10.1. The van der Waals surface area contributed by atoms with Crippen LogP contribution in [-0.4, -0.2) is 21.9 Å². The van der Waals surface area contributed by atoms with Gasteiger partial charge in [0.05, 0.1) is 6.61 Å². The van der Waals surface area contributed by atoms with Gasteiger partial charge in [-0.15, -0.1) is 0 Å². The molecule has 1 atom stereocenters. The van der Waals surface area contributed by atoms with Crippen LogP contribution in [0.25, 0.3) is 0 Å². The van der Waals surface area contributed by atoms with Gasteiger partial charge in [0.25, 0.3) is 9.05 Å². The quantitative estimate of drug-likeness (QED) is 0.606. The molecular weight excluding hydrogens is 210 g/mol. The topological polar surface area (TPSA) is 72.5 Å². The van der Waals surface area contributed by atoms with Crippen LogP contribution in [0, 0.1) is 0 Å². The molecule has 0 aromatic carbocycles. The van der Waals surface area contributed by atoms with E-state index in [0.29, 0.717) is 0 Å². The maximum Gasteiger partial charge on any atom is 0.266 e. The standard InChI is InChI=1S/C7H17NO3S2/c8-6-4-2-1-3-5-7-11-13(9,10)12/h1-8H2,(H,9,10,12). The number of rotatable bonds is 8. The molecule has 13 heavy (non-hydrogen) atoms. The molecule has 0 aromatic heterocycles. The third-order valence-corrected chi connectivity index (χ3v) is 2.33. The van der Waals surface area contributed by atoms with Crippen molar-refractivity contribution in [2.45, 2.75) is 32.1 Å². The van der Waals surface area contributed by atoms with Crippen LogP contribution in [0.3, 0.4) is 0 Å². The fourth-order valence-corrected chi connectivity index (χ4v) is 1.47. The largest absolute Gasteiger partial charge is 0.330 e. The van der Waals surface area contributed by atoms with Crippen LogP contribution >= 0.6 is 0 Å². The number of hydrogen-bond donors (Lipinski definition) is 2. The molecule has 0 spiro atoms. The van der Waals surface area contributed by atoms with E-state index >= 15 is 0 Å². The van der Waals surface area contributed by atoms with Gasteiger partial charge in [-0.3, -0.25) is 8.74 Å². The second kappa shape index (κ2) is 7.64. The van der Waals surface area contributed by atoms with Gasteiger partial charge in [0, 0.05) is 11.2 Å². The summed E-state index contributed by atoms with van der Waals surface area (Å²) in [7, 11) is -3.41. The van der Waals surface area contributed by atoms with E-state index in [0.717, 1.165) is 38.6 Å². The van der Waals surface area contributed by atoms with Crippen LogP contribution < -0.4 is 5.73 Å². The van der Waals surface area contributed by atoms with E-state index in [2.05, 4.69) is 15.4 Å². The molecule has 0 rings (SSSR count). The molecule has 4 nitrogen and oxygen atoms in total. The average Bonchev–Trinajstić information content (AvgIpc) is 2.01. The molecule has 0 amide bonds. The summed E-state index contributed by atoms with van der Waals surface area (Å²) in [5.41, 5.74) is 5.32. The zero-order chi connectivity index (χ0) is 10.2. The van der Waals surface area contributed by atoms with Crippen LogP contribution in [0.5, 0.6) is 0 Å². The second-order valence-corrected chi connectivity index (χ2v) is 5.16. The summed E-state index contributed by atoms with van der Waals surface area (Å²) in [4.78, 5) is 0. The van der Waals surface area contributed by atoms with Gasteiger partial charge >= 0.3 is 0 Å². The smallest absolute Gasteiger partial charge is 0.266 e. The van der Waals surface area contributed by atoms with Crippen LogP contribution in [0.15, 0.2) is 0 Å². The van der Waals surface area contributed by atoms with Crippen LogP contribution in [0.4, 0.5) is 0 Å². The van der Waals surface area contributed by atoms with E-state index in [1.807, 2.05) is 0 Å². The van der Waals surface area contributed by atoms with Crippen molar-refractivity contribution in [1.82, 2.24) is 0 Å². The molecule has 6 heteroatoms. The molecule has 0 aliphatic carbocycles. The van der Waals surface area contributed by atoms with Crippen LogP contribution in [0.1, 0.15) is 32.1 Å². The molecule has 0 aromatic rings. The van der Waals surface area contributed by atoms with Crippen molar-refractivity contribution in [3.05, 3.63) is 0 Å². The van der Waals surface area contributed by atoms with Gasteiger partial charge in [0.1, 0.15) is 0 Å². The number of hydrogen-bond acceptors (Lipinski definition) is 4. The average molecular weight is 227 g/mol. The lowest BCUT2D eigenvalue weighted by Gasteiger charge is -2.01. The van der Waals surface area contributed by atoms with Crippen molar-refractivity contribution in [2.75, 3.05) is 13.2 Å². The molecule has 0 aliphatic rings. The number of unbranched alkanes of at least 4 members (excludes halogenated alkanes) is 4. The van der Waals surface area contributed by atoms with Crippen LogP contribution in [-0.2, 0) is 24.4 Å². The first kappa shape index (κ1) is 13.2. The Balaban J connectivity index is 3.09. The Hall–Kier alpha value is 0.250. The number of nitrogens with two attached hydrogens (primary N) is 1. The van der Waals surface area contributed by atoms with Gasteiger partial charge in [0.2, 0.25) is 0 Å². The van der Waals surface area contributed by atoms with Crippen LogP contribution in [0.2, 0.25) is 0 Å². The maximum absolute atomic E-state index is 10.5. The van der Waals surface area contributed by atoms with Crippen molar-refractivity contribution in [3.63, 3.8) is 0 Å². The minimum atomic E-state index is -3.41. The van der Waals surface area contributed by atoms with E-state index in [-0.39, 0.29) is 6.61 Å². The first-order valence-electron chi connectivity index (χ1n) is 4.38. The zero-order valence-corrected chi connectivity index (χ0v) is 9.24. The minimum Gasteiger partial charge on any atom is -0.330 e. The molecule has 0 heterocycles. The minimum absolute atomic E-state index is 0.265. The van der Waals surface area contributed by atoms with Crippen molar-refractivity contribution < 1.29 is 12.9 Å². The summed E-state index contributed by atoms with van der Waals surface area (Å²) in [5, 5.41) is 0. The highest BCUT2D eigenvalue weighted by Gasteiger charge is 1.98. The van der Waals surface area contributed by atoms with Gasteiger partial charge < -0.3 is 5.73 Å². The normalized spacial score (nSPS) is 15.5. The third-order valence-electron chi connectivity index (χ3n) is 1.58. The Morgan fingerprint density at radius 1 is 1.23 bits per heavy atom. The van der Waals surface area contributed by atoms with Gasteiger partial charge in [-0.1, -0.05) is 19.3 Å². The Bertz CT molecular complexity index is 204. The fourth-order valence-electron chi connectivity index (χ4n) is 0.941. The molecular formula is C7H17NO3S2. The summed E-state index contributed by atoms with van der Waals surface area (Å²) in [6.07, 6.45) is 5.01. The van der Waals surface area contributed by atoms with E-state index in [4.69, 9.17) is 10.3 Å². The highest BCUT2D eigenvalue weighted by molar-refractivity contribution is 8.27. The third kappa shape index (κ3) is 12.2. The highest BCUT2D eigenvalue weighted by Crippen LogP contribution is 2.03. The summed E-state index contributed by atoms with van der Waals surface area (Å²) in [6.45, 7) is 0.995. The monoisotopic (exact) mass is 227 g/mol. The van der Waals surface area contributed by atoms with Gasteiger partial charge in [-0.2, -0.15) is 4.21 Å². The lowest BCUT2D eigenvalue weighted by Crippen LogP contribution is -2.03. The summed E-state index contributed by atoms with van der Waals surface area (Å²) in [6, 6.07) is 0. The van der Waals surface area contributed by atoms with Gasteiger partial charge in [0.15, 0.2) is 0 Å². The van der Waals surface area contributed by atoms with Gasteiger partial charge in [-0.05, 0) is 19.4 Å². The zero-order valence-electron chi connectivity index (χ0n) is 7.61. The molecule has 80 valence electrons. The predicted molar refractivity (Wildman–Crippen MR) is 56.2 cm³/mol. The van der Waals surface area contributed by atoms with E-state index < -0.39 is 9.05 Å². The molecule has 1 unspecified atom stereocenters. The summed E-state index contributed by atoms with van der Waals surface area (Å²) >= 11 is 4.15. The first-order valence-corrected chi connectivity index (χ1v) is 6.74. The van der Waals surface area contributed by atoms with E-state index in [1.165, 1.54) is 0 Å². The predicted octanol–water partition coefficient (Wildman–Crippen LogP) is 1.05. The lowest BCUT2D eigenvalue weighted by molar-refractivity contribution is 0.294. The van der Waals surface area contributed by atoms with Crippen molar-refractivity contribution >= 4 is 20.2 Å². The Morgan fingerprint density at radius 2 is 1.77 bits per heavy atom. The second-order valence-electron chi connectivity index (χ2n) is 2.81. The maximum atomic E-state index is 10.5. The van der Waals surface area contributed by atoms with Crippen molar-refractivity contribution in [1.29, 1.82) is 0 Å². The van der Waals surface area contributed by atoms with Gasteiger partial charge in [-0.25, -0.2) is 0 Å². The molecule has 0 aliphatic heterocycles. The summed E-state index contributed by atoms with van der Waals surface area (Å²) in [5.74, 6) is 0. The van der Waals surface area contributed by atoms with E-state index in [1.54, 1.807) is 0 Å². The Labute approximate surface area is 84.5 Å². The molecule has 3 N–H and O–H groups in total. The van der Waals surface area contributed by atoms with Crippen molar-refractivity contribution in [3.8, 4) is 0 Å². The molecule has 0 saturated carbocycles. The fraction of sp³-hybridized carbons (Fsp3) is 1.00. The summed E-state index contributed by atoms with van der Waals surface area (Å²) < 4.78 is 23.5. The Kier molecular flexibility index (Phi) is 7.78. The molecule has 0 saturated heterocycles. The molecule has 0 bridgehead atoms. The SMILES string of the molecule is NCCCCCCCOS(=O)(O)=S. The van der Waals surface area contributed by atoms with Crippen molar-refractivity contribution in [2.24, 2.45) is 5.73 Å². The molecule has 0 radical (unpaired) electrons. The Morgan fingerprint density at radius 3 is 2.31 bits per heavy atom. The first-order chi connectivity index (χ1) is 6.06. The molecule has 0 fully saturated rings. The highest BCUT2D eigenvalue weighted by atomic mass is 32.9.